The maximum Gasteiger partial charge on any atom is 0.0991 e. The Bertz CT molecular complexity index is 135. The average molecular weight is 203 g/mol. The predicted molar refractivity (Wildman–Crippen MR) is 62.9 cm³/mol. The lowest BCUT2D eigenvalue weighted by molar-refractivity contribution is 0.103. The van der Waals surface area contributed by atoms with Gasteiger partial charge in [0.1, 0.15) is 0 Å². The summed E-state index contributed by atoms with van der Waals surface area (Å²) in [5.41, 5.74) is 0.0546. The Hall–Kier alpha value is 0.0969. The number of nitrogens with one attached hydrogen (secondary N) is 2. The second-order valence-electron chi connectivity index (χ2n) is 4.00. The molecule has 0 aromatic heterocycles. The summed E-state index contributed by atoms with van der Waals surface area (Å²) >= 11 is 0. The van der Waals surface area contributed by atoms with E-state index in [1.54, 1.807) is 0 Å². The zero-order valence-electron chi connectivity index (χ0n) is 9.94. The summed E-state index contributed by atoms with van der Waals surface area (Å²) in [5.74, 6) is 0.718. The Morgan fingerprint density at radius 1 is 1.31 bits per heavy atom. The Morgan fingerprint density at radius 3 is 2.00 bits per heavy atom. The zero-order chi connectivity index (χ0) is 10.5. The van der Waals surface area contributed by atoms with E-state index in [2.05, 4.69) is 36.3 Å². The molecule has 0 aromatic carbocycles. The molecule has 0 heterocycles. The molecule has 0 spiro atoms. The molecule has 80 valence electrons. The molecule has 4 heteroatoms. The highest BCUT2D eigenvalue weighted by Crippen LogP contribution is 2.06. The minimum atomic E-state index is 0.0546. The van der Waals surface area contributed by atoms with Gasteiger partial charge in [0.05, 0.1) is 15.7 Å². The monoisotopic (exact) mass is 203 g/mol. The number of hydrogen-bond acceptors (Lipinski definition) is 3. The lowest BCUT2D eigenvalue weighted by Gasteiger charge is -2.41. The first-order chi connectivity index (χ1) is 6.00. The minimum Gasteiger partial charge on any atom is -0.294 e. The molecule has 3 nitrogen and oxygen atoms in total. The Kier molecular flexibility index (Phi) is 5.79. The third kappa shape index (κ3) is 3.77. The van der Waals surface area contributed by atoms with Gasteiger partial charge in [0.2, 0.25) is 0 Å². The molecule has 0 saturated heterocycles. The van der Waals surface area contributed by atoms with Crippen molar-refractivity contribution in [3.63, 3.8) is 0 Å². The van der Waals surface area contributed by atoms with Crippen LogP contribution in [-0.2, 0) is 0 Å². The first-order valence-corrected chi connectivity index (χ1v) is 6.13. The molecule has 0 bridgehead atoms. The van der Waals surface area contributed by atoms with E-state index in [1.165, 1.54) is 0 Å². The van der Waals surface area contributed by atoms with Crippen molar-refractivity contribution in [3.8, 4) is 0 Å². The van der Waals surface area contributed by atoms with E-state index in [1.807, 2.05) is 14.1 Å². The molecule has 0 rings (SSSR count). The fourth-order valence-corrected chi connectivity index (χ4v) is 2.01. The van der Waals surface area contributed by atoms with Crippen LogP contribution in [0.5, 0.6) is 0 Å². The maximum absolute atomic E-state index is 3.36. The van der Waals surface area contributed by atoms with E-state index < -0.39 is 0 Å². The van der Waals surface area contributed by atoms with Crippen molar-refractivity contribution in [3.05, 3.63) is 0 Å². The van der Waals surface area contributed by atoms with Gasteiger partial charge in [0.15, 0.2) is 0 Å². The fraction of sp³-hybridized carbons (Fsp3) is 1.00. The van der Waals surface area contributed by atoms with Crippen molar-refractivity contribution >= 4 is 10.2 Å². The van der Waals surface area contributed by atoms with Gasteiger partial charge in [-0.05, 0) is 26.6 Å². The average Bonchev–Trinajstić information content (AvgIpc) is 2.12. The third-order valence-corrected chi connectivity index (χ3v) is 4.21. The quantitative estimate of drug-likeness (QED) is 0.445. The highest BCUT2D eigenvalue weighted by Gasteiger charge is 2.26. The molecule has 0 fully saturated rings. The van der Waals surface area contributed by atoms with Gasteiger partial charge < -0.3 is 0 Å². The molecular weight excluding hydrogens is 178 g/mol. The highest BCUT2D eigenvalue weighted by atomic mass is 28.1. The molecule has 0 amide bonds. The third-order valence-electron chi connectivity index (χ3n) is 2.57. The molecule has 0 unspecified atom stereocenters. The molecule has 0 radical (unpaired) electrons. The van der Waals surface area contributed by atoms with Crippen LogP contribution in [0.4, 0.5) is 0 Å². The summed E-state index contributed by atoms with van der Waals surface area (Å²) in [5, 5.41) is 6.72. The molecule has 0 saturated carbocycles. The molecule has 0 atom stereocenters. The van der Waals surface area contributed by atoms with Crippen molar-refractivity contribution in [2.45, 2.75) is 26.2 Å². The molecule has 13 heavy (non-hydrogen) atoms. The Morgan fingerprint density at radius 2 is 1.77 bits per heavy atom. The van der Waals surface area contributed by atoms with Crippen LogP contribution in [0.1, 0.15) is 20.8 Å². The Labute approximate surface area is 85.7 Å². The molecule has 0 aliphatic heterocycles. The van der Waals surface area contributed by atoms with E-state index >= 15 is 0 Å². The van der Waals surface area contributed by atoms with Crippen LogP contribution in [-0.4, -0.2) is 47.7 Å². The van der Waals surface area contributed by atoms with Gasteiger partial charge in [-0.2, -0.15) is 0 Å². The van der Waals surface area contributed by atoms with Crippen LogP contribution in [0.25, 0.3) is 0 Å². The van der Waals surface area contributed by atoms with E-state index in [9.17, 15) is 0 Å². The van der Waals surface area contributed by atoms with Crippen molar-refractivity contribution in [1.82, 2.24) is 15.5 Å². The standard InChI is InChI=1S/C9H25N3Si/c1-6-12(7-8(2)3)9(13,10-4)11-5/h8,10-11H,6-7H2,1-5,13H3. The van der Waals surface area contributed by atoms with Crippen LogP contribution in [0, 0.1) is 5.92 Å². The van der Waals surface area contributed by atoms with Crippen molar-refractivity contribution in [2.75, 3.05) is 27.2 Å². The highest BCUT2D eigenvalue weighted by molar-refractivity contribution is 6.14. The van der Waals surface area contributed by atoms with E-state index in [4.69, 9.17) is 0 Å². The van der Waals surface area contributed by atoms with E-state index in [-0.39, 0.29) is 5.41 Å². The summed E-state index contributed by atoms with van der Waals surface area (Å²) in [4.78, 5) is 2.46. The predicted octanol–water partition coefficient (Wildman–Crippen LogP) is -0.620. The normalized spacial score (nSPS) is 13.2. The van der Waals surface area contributed by atoms with Gasteiger partial charge >= 0.3 is 0 Å². The van der Waals surface area contributed by atoms with Gasteiger partial charge in [0, 0.05) is 6.54 Å². The molecule has 0 aromatic rings. The van der Waals surface area contributed by atoms with E-state index in [0.717, 1.165) is 29.2 Å². The second kappa shape index (κ2) is 5.75. The Balaban J connectivity index is 4.34. The first kappa shape index (κ1) is 13.1. The summed E-state index contributed by atoms with van der Waals surface area (Å²) in [7, 11) is 5.11. The molecule has 2 N–H and O–H groups in total. The van der Waals surface area contributed by atoms with Crippen molar-refractivity contribution in [2.24, 2.45) is 5.92 Å². The second-order valence-corrected chi connectivity index (χ2v) is 5.45. The minimum absolute atomic E-state index is 0.0546. The topological polar surface area (TPSA) is 27.3 Å². The smallest absolute Gasteiger partial charge is 0.0991 e. The SMILES string of the molecule is CCN(CC(C)C)C([SiH3])(NC)NC. The summed E-state index contributed by atoms with van der Waals surface area (Å²) in [6.07, 6.45) is 0. The number of hydrogen-bond donors (Lipinski definition) is 2. The van der Waals surface area contributed by atoms with E-state index in [0.29, 0.717) is 0 Å². The molecule has 0 aliphatic rings. The van der Waals surface area contributed by atoms with Gasteiger partial charge in [-0.3, -0.25) is 15.5 Å². The lowest BCUT2D eigenvalue weighted by atomic mass is 10.2. The van der Waals surface area contributed by atoms with Gasteiger partial charge in [-0.15, -0.1) is 0 Å². The summed E-state index contributed by atoms with van der Waals surface area (Å²) in [6, 6.07) is 0. The molecule has 0 aliphatic carbocycles. The number of rotatable bonds is 6. The van der Waals surface area contributed by atoms with Gasteiger partial charge in [-0.25, -0.2) is 0 Å². The molecular formula is C9H25N3Si. The van der Waals surface area contributed by atoms with Gasteiger partial charge in [0.25, 0.3) is 0 Å². The van der Waals surface area contributed by atoms with Crippen LogP contribution in [0.2, 0.25) is 0 Å². The van der Waals surface area contributed by atoms with Crippen LogP contribution in [0.3, 0.4) is 0 Å². The summed E-state index contributed by atoms with van der Waals surface area (Å²) in [6.45, 7) is 8.96. The fourth-order valence-electron chi connectivity index (χ4n) is 1.51. The van der Waals surface area contributed by atoms with Gasteiger partial charge in [-0.1, -0.05) is 20.8 Å². The maximum atomic E-state index is 3.36. The first-order valence-electron chi connectivity index (χ1n) is 5.13. The van der Waals surface area contributed by atoms with Crippen LogP contribution in [0.15, 0.2) is 0 Å². The van der Waals surface area contributed by atoms with Crippen LogP contribution < -0.4 is 10.6 Å². The lowest BCUT2D eigenvalue weighted by Crippen LogP contribution is -2.67. The van der Waals surface area contributed by atoms with Crippen molar-refractivity contribution in [1.29, 1.82) is 0 Å². The zero-order valence-corrected chi connectivity index (χ0v) is 11.9. The number of nitrogens with zero attached hydrogens (tertiary/aromatic N) is 1. The summed E-state index contributed by atoms with van der Waals surface area (Å²) < 4.78 is 0. The van der Waals surface area contributed by atoms with Crippen LogP contribution >= 0.6 is 0 Å². The largest absolute Gasteiger partial charge is 0.294 e. The van der Waals surface area contributed by atoms with Crippen molar-refractivity contribution < 1.29 is 0 Å².